The molecular formula is C16H16N2O3. The van der Waals surface area contributed by atoms with Crippen molar-refractivity contribution in [3.8, 4) is 5.75 Å². The maximum atomic E-state index is 12.2. The van der Waals surface area contributed by atoms with Gasteiger partial charge in [0.15, 0.2) is 6.10 Å². The lowest BCUT2D eigenvalue weighted by Crippen LogP contribution is -2.31. The van der Waals surface area contributed by atoms with Crippen molar-refractivity contribution in [2.45, 2.75) is 25.6 Å². The molecule has 5 nitrogen and oxygen atoms in total. The number of aryl methyl sites for hydroxylation is 1. The van der Waals surface area contributed by atoms with Crippen molar-refractivity contribution in [2.24, 2.45) is 0 Å². The number of carbonyl (C=O) groups excluding carboxylic acids is 1. The molecule has 21 heavy (non-hydrogen) atoms. The third-order valence-electron chi connectivity index (χ3n) is 3.48. The summed E-state index contributed by atoms with van der Waals surface area (Å²) < 4.78 is 5.72. The van der Waals surface area contributed by atoms with E-state index in [2.05, 4.69) is 10.3 Å². The van der Waals surface area contributed by atoms with Gasteiger partial charge in [-0.15, -0.1) is 0 Å². The van der Waals surface area contributed by atoms with E-state index in [1.54, 1.807) is 12.1 Å². The van der Waals surface area contributed by atoms with Crippen LogP contribution in [0.2, 0.25) is 0 Å². The third-order valence-corrected chi connectivity index (χ3v) is 3.48. The van der Waals surface area contributed by atoms with Crippen LogP contribution in [0.15, 0.2) is 42.6 Å². The molecule has 0 radical (unpaired) electrons. The van der Waals surface area contributed by atoms with Crippen LogP contribution >= 0.6 is 0 Å². The number of hydrogen-bond donors (Lipinski definition) is 2. The molecule has 0 fully saturated rings. The van der Waals surface area contributed by atoms with Crippen LogP contribution in [-0.2, 0) is 17.8 Å². The Morgan fingerprint density at radius 2 is 2.14 bits per heavy atom. The highest BCUT2D eigenvalue weighted by Gasteiger charge is 2.25. The standard InChI is InChI=1S/C16H16N2O3/c19-10-12-6-7-13(9-17-12)21-15-8-5-11-3-1-2-4-14(11)18-16(15)20/h1-4,6-7,9,15,19H,5,8,10H2,(H,18,20). The van der Waals surface area contributed by atoms with Gasteiger partial charge in [-0.05, 0) is 36.6 Å². The fraction of sp³-hybridized carbons (Fsp3) is 0.250. The van der Waals surface area contributed by atoms with Gasteiger partial charge >= 0.3 is 0 Å². The fourth-order valence-electron chi connectivity index (χ4n) is 2.34. The lowest BCUT2D eigenvalue weighted by atomic mass is 10.1. The van der Waals surface area contributed by atoms with E-state index in [1.165, 1.54) is 6.20 Å². The molecule has 1 amide bonds. The number of fused-ring (bicyclic) bond motifs is 1. The minimum absolute atomic E-state index is 0.112. The van der Waals surface area contributed by atoms with E-state index < -0.39 is 6.10 Å². The van der Waals surface area contributed by atoms with Gasteiger partial charge in [0.05, 0.1) is 18.5 Å². The summed E-state index contributed by atoms with van der Waals surface area (Å²) in [5.74, 6) is 0.379. The summed E-state index contributed by atoms with van der Waals surface area (Å²) in [5.41, 5.74) is 2.54. The zero-order valence-corrected chi connectivity index (χ0v) is 11.5. The second-order valence-corrected chi connectivity index (χ2v) is 4.93. The second kappa shape index (κ2) is 5.93. The maximum Gasteiger partial charge on any atom is 0.265 e. The second-order valence-electron chi connectivity index (χ2n) is 4.93. The molecule has 0 aliphatic carbocycles. The number of aliphatic hydroxyl groups is 1. The van der Waals surface area contributed by atoms with Crippen LogP contribution in [0.4, 0.5) is 5.69 Å². The van der Waals surface area contributed by atoms with E-state index in [0.717, 1.165) is 17.7 Å². The number of pyridine rings is 1. The van der Waals surface area contributed by atoms with Crippen molar-refractivity contribution in [2.75, 3.05) is 5.32 Å². The quantitative estimate of drug-likeness (QED) is 0.903. The van der Waals surface area contributed by atoms with Crippen molar-refractivity contribution in [1.82, 2.24) is 4.98 Å². The van der Waals surface area contributed by atoms with E-state index in [0.29, 0.717) is 17.9 Å². The highest BCUT2D eigenvalue weighted by molar-refractivity contribution is 5.95. The Kier molecular flexibility index (Phi) is 3.83. The lowest BCUT2D eigenvalue weighted by molar-refractivity contribution is -0.122. The van der Waals surface area contributed by atoms with Crippen LogP contribution in [0.1, 0.15) is 17.7 Å². The van der Waals surface area contributed by atoms with Crippen LogP contribution in [0.25, 0.3) is 0 Å². The Balaban J connectivity index is 1.73. The van der Waals surface area contributed by atoms with E-state index in [1.807, 2.05) is 24.3 Å². The zero-order chi connectivity index (χ0) is 14.7. The van der Waals surface area contributed by atoms with Crippen LogP contribution in [0, 0.1) is 0 Å². The van der Waals surface area contributed by atoms with E-state index in [-0.39, 0.29) is 12.5 Å². The van der Waals surface area contributed by atoms with Crippen molar-refractivity contribution in [3.05, 3.63) is 53.9 Å². The molecule has 1 atom stereocenters. The van der Waals surface area contributed by atoms with Gasteiger partial charge in [-0.25, -0.2) is 0 Å². The Morgan fingerprint density at radius 3 is 2.90 bits per heavy atom. The number of amides is 1. The number of benzene rings is 1. The molecule has 1 unspecified atom stereocenters. The van der Waals surface area contributed by atoms with Crippen molar-refractivity contribution >= 4 is 11.6 Å². The highest BCUT2D eigenvalue weighted by atomic mass is 16.5. The third kappa shape index (κ3) is 3.03. The van der Waals surface area contributed by atoms with E-state index in [9.17, 15) is 4.79 Å². The number of ether oxygens (including phenoxy) is 1. The van der Waals surface area contributed by atoms with Crippen molar-refractivity contribution in [1.29, 1.82) is 0 Å². The van der Waals surface area contributed by atoms with Gasteiger partial charge in [0.25, 0.3) is 5.91 Å². The molecule has 3 rings (SSSR count). The van der Waals surface area contributed by atoms with Gasteiger partial charge in [0.2, 0.25) is 0 Å². The molecule has 1 aromatic heterocycles. The van der Waals surface area contributed by atoms with Gasteiger partial charge in [-0.1, -0.05) is 18.2 Å². The Bertz CT molecular complexity index is 640. The Labute approximate surface area is 122 Å². The fourth-order valence-corrected chi connectivity index (χ4v) is 2.34. The first kappa shape index (κ1) is 13.6. The van der Waals surface area contributed by atoms with Gasteiger partial charge in [0, 0.05) is 5.69 Å². The monoisotopic (exact) mass is 284 g/mol. The molecule has 2 aromatic rings. The van der Waals surface area contributed by atoms with E-state index in [4.69, 9.17) is 9.84 Å². The SMILES string of the molecule is O=C1Nc2ccccc2CCC1Oc1ccc(CO)nc1. The predicted octanol–water partition coefficient (Wildman–Crippen LogP) is 1.91. The molecule has 2 heterocycles. The molecule has 0 spiro atoms. The number of rotatable bonds is 3. The minimum atomic E-state index is -0.542. The smallest absolute Gasteiger partial charge is 0.265 e. The lowest BCUT2D eigenvalue weighted by Gasteiger charge is -2.15. The number of hydrogen-bond acceptors (Lipinski definition) is 4. The summed E-state index contributed by atoms with van der Waals surface area (Å²) >= 11 is 0. The molecule has 1 aliphatic rings. The number of para-hydroxylation sites is 1. The minimum Gasteiger partial charge on any atom is -0.479 e. The molecule has 108 valence electrons. The van der Waals surface area contributed by atoms with Gasteiger partial charge < -0.3 is 15.2 Å². The summed E-state index contributed by atoms with van der Waals surface area (Å²) in [6, 6.07) is 11.2. The van der Waals surface area contributed by atoms with Crippen LogP contribution < -0.4 is 10.1 Å². The van der Waals surface area contributed by atoms with Crippen LogP contribution in [-0.4, -0.2) is 22.1 Å². The first-order valence-electron chi connectivity index (χ1n) is 6.87. The Hall–Kier alpha value is -2.40. The number of nitrogens with zero attached hydrogens (tertiary/aromatic N) is 1. The summed E-state index contributed by atoms with van der Waals surface area (Å²) in [4.78, 5) is 16.3. The first-order valence-corrected chi connectivity index (χ1v) is 6.87. The first-order chi connectivity index (χ1) is 10.3. The topological polar surface area (TPSA) is 71.5 Å². The largest absolute Gasteiger partial charge is 0.479 e. The molecule has 5 heteroatoms. The van der Waals surface area contributed by atoms with Gasteiger partial charge in [0.1, 0.15) is 5.75 Å². The number of carbonyl (C=O) groups is 1. The molecule has 1 aromatic carbocycles. The van der Waals surface area contributed by atoms with Gasteiger partial charge in [-0.3, -0.25) is 9.78 Å². The maximum absolute atomic E-state index is 12.2. The number of anilines is 1. The normalized spacial score (nSPS) is 17.6. The summed E-state index contributed by atoms with van der Waals surface area (Å²) in [6.07, 6.45) is 2.38. The predicted molar refractivity (Wildman–Crippen MR) is 78.0 cm³/mol. The summed E-state index contributed by atoms with van der Waals surface area (Å²) in [7, 11) is 0. The average Bonchev–Trinajstić information content (AvgIpc) is 2.67. The zero-order valence-electron chi connectivity index (χ0n) is 11.5. The van der Waals surface area contributed by atoms with Crippen LogP contribution in [0.3, 0.4) is 0 Å². The number of nitrogens with one attached hydrogen (secondary N) is 1. The highest BCUT2D eigenvalue weighted by Crippen LogP contribution is 2.23. The Morgan fingerprint density at radius 1 is 1.29 bits per heavy atom. The van der Waals surface area contributed by atoms with Crippen LogP contribution in [0.5, 0.6) is 5.75 Å². The molecule has 0 saturated carbocycles. The molecule has 1 aliphatic heterocycles. The van der Waals surface area contributed by atoms with Crippen molar-refractivity contribution in [3.63, 3.8) is 0 Å². The molecule has 0 bridgehead atoms. The average molecular weight is 284 g/mol. The van der Waals surface area contributed by atoms with E-state index >= 15 is 0 Å². The van der Waals surface area contributed by atoms with Gasteiger partial charge in [-0.2, -0.15) is 0 Å². The number of aromatic nitrogens is 1. The molecule has 2 N–H and O–H groups in total. The summed E-state index contributed by atoms with van der Waals surface area (Å²) in [5, 5.41) is 11.9. The number of aliphatic hydroxyl groups excluding tert-OH is 1. The van der Waals surface area contributed by atoms with Crippen molar-refractivity contribution < 1.29 is 14.6 Å². The molecule has 0 saturated heterocycles. The molecular weight excluding hydrogens is 268 g/mol. The summed E-state index contributed by atoms with van der Waals surface area (Å²) in [6.45, 7) is -0.112.